The topological polar surface area (TPSA) is 102 Å². The molecule has 0 spiro atoms. The second kappa shape index (κ2) is 8.69. The van der Waals surface area contributed by atoms with Crippen LogP contribution >= 0.6 is 0 Å². The molecular formula is C20H28N6O3. The molecule has 0 aromatic carbocycles. The Kier molecular flexibility index (Phi) is 6.26. The van der Waals surface area contributed by atoms with Crippen molar-refractivity contribution < 1.29 is 14.3 Å². The number of nitrogens with one attached hydrogen (secondary N) is 1. The van der Waals surface area contributed by atoms with Crippen molar-refractivity contribution in [2.45, 2.75) is 45.3 Å². The minimum atomic E-state index is -0.343. The van der Waals surface area contributed by atoms with Gasteiger partial charge in [0.2, 0.25) is 5.91 Å². The number of likely N-dealkylation sites (tertiary alicyclic amines) is 1. The second-order valence-corrected chi connectivity index (χ2v) is 8.21. The molecule has 1 aliphatic heterocycles. The highest BCUT2D eigenvalue weighted by Crippen LogP contribution is 2.42. The number of methoxy groups -OCH3 is 1. The Labute approximate surface area is 170 Å². The van der Waals surface area contributed by atoms with E-state index in [1.54, 1.807) is 19.4 Å². The molecule has 3 rings (SSSR count). The molecule has 1 aliphatic rings. The zero-order chi connectivity index (χ0) is 21.0. The molecule has 1 fully saturated rings. The van der Waals surface area contributed by atoms with E-state index >= 15 is 0 Å². The van der Waals surface area contributed by atoms with E-state index in [4.69, 9.17) is 4.74 Å². The van der Waals surface area contributed by atoms with Crippen LogP contribution in [0, 0.1) is 5.92 Å². The third kappa shape index (κ3) is 4.79. The van der Waals surface area contributed by atoms with E-state index in [0.717, 1.165) is 5.56 Å². The molecule has 9 heteroatoms. The van der Waals surface area contributed by atoms with Crippen molar-refractivity contribution in [2.75, 3.05) is 20.3 Å². The van der Waals surface area contributed by atoms with Crippen LogP contribution in [-0.2, 0) is 16.1 Å². The second-order valence-electron chi connectivity index (χ2n) is 8.21. The van der Waals surface area contributed by atoms with Crippen molar-refractivity contribution in [2.24, 2.45) is 5.92 Å². The van der Waals surface area contributed by atoms with Crippen LogP contribution in [0.1, 0.15) is 49.2 Å². The maximum absolute atomic E-state index is 12.9. The molecule has 0 radical (unpaired) electrons. The number of carbonyl (C=O) groups excluding carboxylic acids is 2. The maximum Gasteiger partial charge on any atom is 0.252 e. The lowest BCUT2D eigenvalue weighted by molar-refractivity contribution is -0.133. The number of rotatable bonds is 7. The summed E-state index contributed by atoms with van der Waals surface area (Å²) in [6.07, 6.45) is 7.04. The normalized spacial score (nSPS) is 19.6. The SMILES string of the molecule is COCCn1cc([C@H]2[C@H](CNC(=O)c3ccnnc3)CC(=O)N2C(C)(C)C)cn1. The molecule has 0 unspecified atom stereocenters. The first-order chi connectivity index (χ1) is 13.8. The molecule has 2 atom stereocenters. The number of carbonyl (C=O) groups is 2. The molecule has 2 aromatic rings. The Balaban J connectivity index is 1.80. The van der Waals surface area contributed by atoms with Crippen molar-refractivity contribution in [3.63, 3.8) is 0 Å². The summed E-state index contributed by atoms with van der Waals surface area (Å²) in [7, 11) is 1.65. The summed E-state index contributed by atoms with van der Waals surface area (Å²) < 4.78 is 6.94. The van der Waals surface area contributed by atoms with Crippen LogP contribution in [-0.4, -0.2) is 62.5 Å². The summed E-state index contributed by atoms with van der Waals surface area (Å²) in [4.78, 5) is 27.2. The number of nitrogens with zero attached hydrogens (tertiary/aromatic N) is 5. The van der Waals surface area contributed by atoms with Gasteiger partial charge in [-0.25, -0.2) is 0 Å². The van der Waals surface area contributed by atoms with Crippen LogP contribution in [0.25, 0.3) is 0 Å². The van der Waals surface area contributed by atoms with Gasteiger partial charge in [0.15, 0.2) is 0 Å². The smallest absolute Gasteiger partial charge is 0.252 e. The van der Waals surface area contributed by atoms with Gasteiger partial charge >= 0.3 is 0 Å². The number of hydrogen-bond acceptors (Lipinski definition) is 6. The lowest BCUT2D eigenvalue weighted by Gasteiger charge is -2.38. The summed E-state index contributed by atoms with van der Waals surface area (Å²) in [5.74, 6) is -0.200. The van der Waals surface area contributed by atoms with E-state index in [1.807, 2.05) is 36.5 Å². The fraction of sp³-hybridized carbons (Fsp3) is 0.550. The third-order valence-corrected chi connectivity index (χ3v) is 5.04. The zero-order valence-electron chi connectivity index (χ0n) is 17.3. The van der Waals surface area contributed by atoms with Crippen LogP contribution in [0.2, 0.25) is 0 Å². The van der Waals surface area contributed by atoms with Gasteiger partial charge < -0.3 is 15.0 Å². The van der Waals surface area contributed by atoms with Crippen LogP contribution in [0.5, 0.6) is 0 Å². The van der Waals surface area contributed by atoms with Gasteiger partial charge in [0.1, 0.15) is 0 Å². The number of ether oxygens (including phenoxy) is 1. The Morgan fingerprint density at radius 1 is 1.31 bits per heavy atom. The molecular weight excluding hydrogens is 372 g/mol. The van der Waals surface area contributed by atoms with Crippen LogP contribution in [0.3, 0.4) is 0 Å². The molecule has 9 nitrogen and oxygen atoms in total. The Morgan fingerprint density at radius 2 is 2.10 bits per heavy atom. The third-order valence-electron chi connectivity index (χ3n) is 5.04. The van der Waals surface area contributed by atoms with Gasteiger partial charge in [-0.15, -0.1) is 0 Å². The molecule has 2 aromatic heterocycles. The Hall–Kier alpha value is -2.81. The van der Waals surface area contributed by atoms with Gasteiger partial charge in [-0.05, 0) is 26.8 Å². The van der Waals surface area contributed by atoms with Gasteiger partial charge in [0.05, 0.1) is 43.3 Å². The van der Waals surface area contributed by atoms with Crippen molar-refractivity contribution in [1.29, 1.82) is 0 Å². The van der Waals surface area contributed by atoms with Gasteiger partial charge in [-0.1, -0.05) is 0 Å². The van der Waals surface area contributed by atoms with Crippen LogP contribution in [0.15, 0.2) is 30.9 Å². The predicted molar refractivity (Wildman–Crippen MR) is 106 cm³/mol. The van der Waals surface area contributed by atoms with Crippen molar-refractivity contribution >= 4 is 11.8 Å². The lowest BCUT2D eigenvalue weighted by Crippen LogP contribution is -2.44. The number of amides is 2. The highest BCUT2D eigenvalue weighted by atomic mass is 16.5. The zero-order valence-corrected chi connectivity index (χ0v) is 17.3. The molecule has 2 amide bonds. The highest BCUT2D eigenvalue weighted by Gasteiger charge is 2.45. The van der Waals surface area contributed by atoms with Gasteiger partial charge in [-0.3, -0.25) is 14.3 Å². The summed E-state index contributed by atoms with van der Waals surface area (Å²) in [5, 5.41) is 14.8. The minimum absolute atomic E-state index is 0.0550. The number of aromatic nitrogens is 4. The summed E-state index contributed by atoms with van der Waals surface area (Å²) >= 11 is 0. The van der Waals surface area contributed by atoms with E-state index in [0.29, 0.717) is 31.7 Å². The van der Waals surface area contributed by atoms with Crippen molar-refractivity contribution in [3.8, 4) is 0 Å². The largest absolute Gasteiger partial charge is 0.383 e. The lowest BCUT2D eigenvalue weighted by atomic mass is 9.93. The molecule has 0 aliphatic carbocycles. The van der Waals surface area contributed by atoms with E-state index in [-0.39, 0.29) is 29.3 Å². The summed E-state index contributed by atoms with van der Waals surface area (Å²) in [5.41, 5.74) is 1.07. The van der Waals surface area contributed by atoms with Gasteiger partial charge in [0.25, 0.3) is 5.91 Å². The van der Waals surface area contributed by atoms with Crippen molar-refractivity contribution in [1.82, 2.24) is 30.2 Å². The highest BCUT2D eigenvalue weighted by molar-refractivity contribution is 5.93. The van der Waals surface area contributed by atoms with Crippen LogP contribution in [0.4, 0.5) is 0 Å². The molecule has 0 saturated carbocycles. The Morgan fingerprint density at radius 3 is 2.76 bits per heavy atom. The minimum Gasteiger partial charge on any atom is -0.383 e. The van der Waals surface area contributed by atoms with E-state index < -0.39 is 0 Å². The van der Waals surface area contributed by atoms with Crippen LogP contribution < -0.4 is 5.32 Å². The fourth-order valence-corrected chi connectivity index (χ4v) is 3.79. The first kappa shape index (κ1) is 20.9. The molecule has 1 N–H and O–H groups in total. The first-order valence-electron chi connectivity index (χ1n) is 9.69. The van der Waals surface area contributed by atoms with E-state index in [2.05, 4.69) is 20.6 Å². The summed E-state index contributed by atoms with van der Waals surface area (Å²) in [6, 6.07) is 1.45. The number of hydrogen-bond donors (Lipinski definition) is 1. The Bertz CT molecular complexity index is 845. The average Bonchev–Trinajstić information content (AvgIpc) is 3.28. The van der Waals surface area contributed by atoms with Crippen molar-refractivity contribution in [3.05, 3.63) is 42.0 Å². The van der Waals surface area contributed by atoms with Gasteiger partial charge in [0, 0.05) is 43.3 Å². The molecule has 156 valence electrons. The monoisotopic (exact) mass is 400 g/mol. The predicted octanol–water partition coefficient (Wildman–Crippen LogP) is 1.44. The standard InChI is InChI=1S/C20H28N6O3/c1-20(2,3)26-17(27)9-15(10-21-19(28)14-5-6-22-23-11-14)18(26)16-12-24-25(13-16)7-8-29-4/h5-6,11-13,15,18H,7-10H2,1-4H3,(H,21,28)/t15-,18+/m0/s1. The average molecular weight is 400 g/mol. The summed E-state index contributed by atoms with van der Waals surface area (Å²) in [6.45, 7) is 7.66. The maximum atomic E-state index is 12.9. The fourth-order valence-electron chi connectivity index (χ4n) is 3.79. The molecule has 1 saturated heterocycles. The van der Waals surface area contributed by atoms with E-state index in [1.165, 1.54) is 12.4 Å². The quantitative estimate of drug-likeness (QED) is 0.754. The molecule has 0 bridgehead atoms. The molecule has 3 heterocycles. The molecule has 29 heavy (non-hydrogen) atoms. The van der Waals surface area contributed by atoms with Gasteiger partial charge in [-0.2, -0.15) is 15.3 Å². The van der Waals surface area contributed by atoms with E-state index in [9.17, 15) is 9.59 Å². The first-order valence-corrected chi connectivity index (χ1v) is 9.69.